The Morgan fingerprint density at radius 2 is 1.68 bits per heavy atom. The second-order valence-electron chi connectivity index (χ2n) is 6.98. The maximum absolute atomic E-state index is 13.2. The van der Waals surface area contributed by atoms with Crippen molar-refractivity contribution >= 4 is 29.4 Å². The van der Waals surface area contributed by atoms with E-state index in [1.54, 1.807) is 62.6 Å². The summed E-state index contributed by atoms with van der Waals surface area (Å²) in [5.74, 6) is -0.398. The molecule has 0 radical (unpaired) electrons. The van der Waals surface area contributed by atoms with E-state index in [4.69, 9.17) is 11.6 Å². The van der Waals surface area contributed by atoms with Gasteiger partial charge >= 0.3 is 6.03 Å². The molecular formula is C21H22ClN3O3. The summed E-state index contributed by atoms with van der Waals surface area (Å²) in [6, 6.07) is 13.4. The van der Waals surface area contributed by atoms with Crippen molar-refractivity contribution in [2.45, 2.75) is 25.4 Å². The van der Waals surface area contributed by atoms with Crippen LogP contribution in [0.3, 0.4) is 0 Å². The highest BCUT2D eigenvalue weighted by molar-refractivity contribution is 6.30. The zero-order valence-corrected chi connectivity index (χ0v) is 16.8. The van der Waals surface area contributed by atoms with E-state index in [1.165, 1.54) is 9.80 Å². The van der Waals surface area contributed by atoms with Gasteiger partial charge in [-0.05, 0) is 41.8 Å². The van der Waals surface area contributed by atoms with Crippen LogP contribution in [-0.4, -0.2) is 41.7 Å². The minimum absolute atomic E-state index is 0.103. The number of halogens is 1. The fourth-order valence-corrected chi connectivity index (χ4v) is 3.46. The van der Waals surface area contributed by atoms with Crippen molar-refractivity contribution in [1.29, 1.82) is 0 Å². The van der Waals surface area contributed by atoms with E-state index in [0.29, 0.717) is 22.6 Å². The standard InChI is InChI=1S/C21H22ClN3O3/c1-4-21(16-9-11-17(22)12-10-16)19(27)25(20(28)23-21)13-14-5-7-15(8-6-14)18(26)24(2)3/h5-12H,4,13H2,1-3H3,(H,23,28). The number of nitrogens with zero attached hydrogens (tertiary/aromatic N) is 2. The van der Waals surface area contributed by atoms with Crippen LogP contribution in [0.4, 0.5) is 4.79 Å². The maximum Gasteiger partial charge on any atom is 0.325 e. The first-order valence-corrected chi connectivity index (χ1v) is 9.37. The number of benzene rings is 2. The second-order valence-corrected chi connectivity index (χ2v) is 7.42. The number of hydrogen-bond acceptors (Lipinski definition) is 3. The van der Waals surface area contributed by atoms with Crippen molar-refractivity contribution in [3.05, 3.63) is 70.2 Å². The predicted octanol–water partition coefficient (Wildman–Crippen LogP) is 3.40. The molecule has 1 heterocycles. The van der Waals surface area contributed by atoms with Gasteiger partial charge in [0.25, 0.3) is 11.8 Å². The minimum Gasteiger partial charge on any atom is -0.345 e. The van der Waals surface area contributed by atoms with Crippen molar-refractivity contribution in [1.82, 2.24) is 15.1 Å². The highest BCUT2D eigenvalue weighted by atomic mass is 35.5. The largest absolute Gasteiger partial charge is 0.345 e. The van der Waals surface area contributed by atoms with Crippen molar-refractivity contribution in [3.63, 3.8) is 0 Å². The van der Waals surface area contributed by atoms with Crippen LogP contribution in [0.25, 0.3) is 0 Å². The molecule has 0 aromatic heterocycles. The lowest BCUT2D eigenvalue weighted by Crippen LogP contribution is -2.43. The monoisotopic (exact) mass is 399 g/mol. The van der Waals surface area contributed by atoms with Gasteiger partial charge in [-0.3, -0.25) is 14.5 Å². The molecule has 7 heteroatoms. The molecule has 1 fully saturated rings. The lowest BCUT2D eigenvalue weighted by Gasteiger charge is -2.26. The van der Waals surface area contributed by atoms with Crippen LogP contribution in [0.15, 0.2) is 48.5 Å². The third kappa shape index (κ3) is 3.47. The van der Waals surface area contributed by atoms with E-state index >= 15 is 0 Å². The fourth-order valence-electron chi connectivity index (χ4n) is 3.34. The van der Waals surface area contributed by atoms with E-state index in [0.717, 1.165) is 5.56 Å². The predicted molar refractivity (Wildman–Crippen MR) is 107 cm³/mol. The summed E-state index contributed by atoms with van der Waals surface area (Å²) < 4.78 is 0. The number of urea groups is 1. The Bertz CT molecular complexity index is 909. The lowest BCUT2D eigenvalue weighted by molar-refractivity contribution is -0.132. The van der Waals surface area contributed by atoms with Crippen LogP contribution >= 0.6 is 11.6 Å². The van der Waals surface area contributed by atoms with Gasteiger partial charge in [-0.15, -0.1) is 0 Å². The number of imide groups is 1. The molecule has 0 saturated carbocycles. The first-order valence-electron chi connectivity index (χ1n) is 8.99. The number of nitrogens with one attached hydrogen (secondary N) is 1. The molecule has 2 aromatic rings. The molecule has 1 unspecified atom stereocenters. The van der Waals surface area contributed by atoms with Gasteiger partial charge in [0, 0.05) is 24.7 Å². The molecular weight excluding hydrogens is 378 g/mol. The van der Waals surface area contributed by atoms with Gasteiger partial charge in [-0.1, -0.05) is 42.8 Å². The second kappa shape index (κ2) is 7.64. The fraction of sp³-hybridized carbons (Fsp3) is 0.286. The average molecular weight is 400 g/mol. The molecule has 1 aliphatic heterocycles. The van der Waals surface area contributed by atoms with Crippen molar-refractivity contribution in [2.75, 3.05) is 14.1 Å². The quantitative estimate of drug-likeness (QED) is 0.783. The molecule has 3 rings (SSSR count). The number of carbonyl (C=O) groups is 3. The molecule has 28 heavy (non-hydrogen) atoms. The molecule has 1 aliphatic rings. The highest BCUT2D eigenvalue weighted by Crippen LogP contribution is 2.33. The first-order chi connectivity index (χ1) is 13.3. The third-order valence-corrected chi connectivity index (χ3v) is 5.24. The van der Waals surface area contributed by atoms with E-state index in [9.17, 15) is 14.4 Å². The molecule has 1 atom stereocenters. The van der Waals surface area contributed by atoms with Crippen LogP contribution in [0.2, 0.25) is 5.02 Å². The van der Waals surface area contributed by atoms with Gasteiger partial charge in [0.2, 0.25) is 0 Å². The Balaban J connectivity index is 1.83. The zero-order chi connectivity index (χ0) is 20.5. The number of amides is 4. The maximum atomic E-state index is 13.2. The van der Waals surface area contributed by atoms with Crippen LogP contribution in [-0.2, 0) is 16.9 Å². The summed E-state index contributed by atoms with van der Waals surface area (Å²) in [4.78, 5) is 40.4. The van der Waals surface area contributed by atoms with Gasteiger partial charge < -0.3 is 10.2 Å². The third-order valence-electron chi connectivity index (χ3n) is 4.99. The first kappa shape index (κ1) is 19.9. The average Bonchev–Trinajstić information content (AvgIpc) is 2.93. The smallest absolute Gasteiger partial charge is 0.325 e. The SMILES string of the molecule is CCC1(c2ccc(Cl)cc2)NC(=O)N(Cc2ccc(C(=O)N(C)C)cc2)C1=O. The molecule has 0 bridgehead atoms. The summed E-state index contributed by atoms with van der Waals surface area (Å²) in [6.07, 6.45) is 0.423. The van der Waals surface area contributed by atoms with Gasteiger partial charge in [0.1, 0.15) is 5.54 Å². The minimum atomic E-state index is -1.09. The van der Waals surface area contributed by atoms with E-state index < -0.39 is 11.6 Å². The van der Waals surface area contributed by atoms with E-state index in [1.807, 2.05) is 6.92 Å². The lowest BCUT2D eigenvalue weighted by atomic mass is 9.87. The normalized spacial score (nSPS) is 18.9. The summed E-state index contributed by atoms with van der Waals surface area (Å²) in [5.41, 5.74) is 0.923. The van der Waals surface area contributed by atoms with E-state index in [-0.39, 0.29) is 18.4 Å². The van der Waals surface area contributed by atoms with Crippen LogP contribution in [0.1, 0.15) is 34.8 Å². The Hall–Kier alpha value is -2.86. The Morgan fingerprint density at radius 3 is 2.21 bits per heavy atom. The molecule has 0 aliphatic carbocycles. The Labute approximate surface area is 169 Å². The molecule has 2 aromatic carbocycles. The van der Waals surface area contributed by atoms with Crippen LogP contribution in [0, 0.1) is 0 Å². The van der Waals surface area contributed by atoms with Gasteiger partial charge in [-0.2, -0.15) is 0 Å². The van der Waals surface area contributed by atoms with Crippen LogP contribution < -0.4 is 5.32 Å². The Kier molecular flexibility index (Phi) is 5.42. The number of carbonyl (C=O) groups excluding carboxylic acids is 3. The highest BCUT2D eigenvalue weighted by Gasteiger charge is 2.51. The van der Waals surface area contributed by atoms with Crippen molar-refractivity contribution < 1.29 is 14.4 Å². The zero-order valence-electron chi connectivity index (χ0n) is 16.0. The summed E-state index contributed by atoms with van der Waals surface area (Å²) in [6.45, 7) is 1.99. The molecule has 4 amide bonds. The topological polar surface area (TPSA) is 69.7 Å². The van der Waals surface area contributed by atoms with Crippen LogP contribution in [0.5, 0.6) is 0 Å². The number of hydrogen-bond donors (Lipinski definition) is 1. The van der Waals surface area contributed by atoms with Crippen molar-refractivity contribution in [3.8, 4) is 0 Å². The van der Waals surface area contributed by atoms with Gasteiger partial charge in [0.05, 0.1) is 6.54 Å². The van der Waals surface area contributed by atoms with Gasteiger partial charge in [0.15, 0.2) is 0 Å². The van der Waals surface area contributed by atoms with Crippen molar-refractivity contribution in [2.24, 2.45) is 0 Å². The molecule has 146 valence electrons. The summed E-state index contributed by atoms with van der Waals surface area (Å²) in [7, 11) is 3.37. The molecule has 6 nitrogen and oxygen atoms in total. The summed E-state index contributed by atoms with van der Waals surface area (Å²) in [5, 5.41) is 3.42. The van der Waals surface area contributed by atoms with Gasteiger partial charge in [-0.25, -0.2) is 4.79 Å². The Morgan fingerprint density at radius 1 is 1.07 bits per heavy atom. The molecule has 1 N–H and O–H groups in total. The summed E-state index contributed by atoms with van der Waals surface area (Å²) >= 11 is 5.95. The molecule has 0 spiro atoms. The van der Waals surface area contributed by atoms with E-state index in [2.05, 4.69) is 5.32 Å². The number of rotatable bonds is 5. The molecule has 1 saturated heterocycles.